The van der Waals surface area contributed by atoms with Gasteiger partial charge in [0.1, 0.15) is 0 Å². The molecule has 0 aromatic heterocycles. The van der Waals surface area contributed by atoms with Crippen LogP contribution in [0, 0.1) is 5.41 Å². The molecular formula is C12H25NO2. The van der Waals surface area contributed by atoms with E-state index in [-0.39, 0.29) is 6.61 Å². The smallest absolute Gasteiger partial charge is 0.0897 e. The van der Waals surface area contributed by atoms with Gasteiger partial charge >= 0.3 is 0 Å². The van der Waals surface area contributed by atoms with Crippen LogP contribution in [0.25, 0.3) is 0 Å². The first-order valence-corrected chi connectivity index (χ1v) is 6.17. The fraction of sp³-hybridized carbons (Fsp3) is 1.00. The van der Waals surface area contributed by atoms with E-state index < -0.39 is 6.10 Å². The van der Waals surface area contributed by atoms with Gasteiger partial charge in [0.2, 0.25) is 0 Å². The van der Waals surface area contributed by atoms with Gasteiger partial charge in [-0.05, 0) is 31.3 Å². The van der Waals surface area contributed by atoms with Crippen LogP contribution >= 0.6 is 0 Å². The lowest BCUT2D eigenvalue weighted by atomic mass is 9.74. The van der Waals surface area contributed by atoms with E-state index in [0.29, 0.717) is 12.0 Å². The van der Waals surface area contributed by atoms with Gasteiger partial charge in [-0.25, -0.2) is 0 Å². The molecule has 1 rings (SSSR count). The molecule has 1 atom stereocenters. The lowest BCUT2D eigenvalue weighted by molar-refractivity contribution is 0.0285. The quantitative estimate of drug-likeness (QED) is 0.725. The summed E-state index contributed by atoms with van der Waals surface area (Å²) in [6.45, 7) is 7.20. The molecule has 15 heavy (non-hydrogen) atoms. The Labute approximate surface area is 93.1 Å². The van der Waals surface area contributed by atoms with Crippen molar-refractivity contribution in [2.24, 2.45) is 5.41 Å². The number of hydrogen-bond donors (Lipinski definition) is 2. The maximum atomic E-state index is 9.36. The first-order chi connectivity index (χ1) is 7.15. The van der Waals surface area contributed by atoms with Crippen molar-refractivity contribution < 1.29 is 10.2 Å². The Morgan fingerprint density at radius 1 is 1.20 bits per heavy atom. The van der Waals surface area contributed by atoms with Crippen LogP contribution in [-0.2, 0) is 0 Å². The molecule has 1 aliphatic rings. The second-order valence-corrected chi connectivity index (χ2v) is 4.84. The molecular weight excluding hydrogens is 190 g/mol. The zero-order valence-electron chi connectivity index (χ0n) is 10.1. The minimum Gasteiger partial charge on any atom is -0.394 e. The lowest BCUT2D eigenvalue weighted by Gasteiger charge is -2.41. The second kappa shape index (κ2) is 5.83. The highest BCUT2D eigenvalue weighted by Crippen LogP contribution is 2.37. The van der Waals surface area contributed by atoms with E-state index in [9.17, 15) is 5.11 Å². The van der Waals surface area contributed by atoms with Crippen molar-refractivity contribution in [2.75, 3.05) is 26.2 Å². The van der Waals surface area contributed by atoms with Crippen molar-refractivity contribution >= 4 is 0 Å². The molecule has 1 heterocycles. The van der Waals surface area contributed by atoms with Gasteiger partial charge in [0, 0.05) is 6.54 Å². The van der Waals surface area contributed by atoms with Crippen molar-refractivity contribution in [1.29, 1.82) is 0 Å². The van der Waals surface area contributed by atoms with E-state index in [2.05, 4.69) is 18.7 Å². The largest absolute Gasteiger partial charge is 0.394 e. The van der Waals surface area contributed by atoms with Crippen LogP contribution in [0.3, 0.4) is 0 Å². The third kappa shape index (κ3) is 3.44. The fourth-order valence-electron chi connectivity index (χ4n) is 2.52. The summed E-state index contributed by atoms with van der Waals surface area (Å²) in [5, 5.41) is 18.1. The Bertz CT molecular complexity index is 170. The van der Waals surface area contributed by atoms with Crippen molar-refractivity contribution in [3.05, 3.63) is 0 Å². The summed E-state index contributed by atoms with van der Waals surface area (Å²) in [6.07, 6.45) is 4.43. The SMILES string of the molecule is CCC1(CC)CCN(CC(O)CO)CC1. The number of piperidine rings is 1. The van der Waals surface area contributed by atoms with Gasteiger partial charge in [0.25, 0.3) is 0 Å². The fourth-order valence-corrected chi connectivity index (χ4v) is 2.52. The topological polar surface area (TPSA) is 43.7 Å². The first kappa shape index (κ1) is 12.9. The van der Waals surface area contributed by atoms with Crippen LogP contribution in [0.5, 0.6) is 0 Å². The van der Waals surface area contributed by atoms with Crippen molar-refractivity contribution in [3.8, 4) is 0 Å². The van der Waals surface area contributed by atoms with E-state index in [4.69, 9.17) is 5.11 Å². The Morgan fingerprint density at radius 3 is 2.13 bits per heavy atom. The molecule has 3 heteroatoms. The van der Waals surface area contributed by atoms with Gasteiger partial charge in [0.15, 0.2) is 0 Å². The number of β-amino-alcohol motifs (C(OH)–C–C–N with tert-alkyl or cyclic N) is 1. The predicted molar refractivity (Wildman–Crippen MR) is 61.8 cm³/mol. The molecule has 0 radical (unpaired) electrons. The summed E-state index contributed by atoms with van der Waals surface area (Å²) in [4.78, 5) is 2.27. The van der Waals surface area contributed by atoms with Gasteiger partial charge < -0.3 is 15.1 Å². The van der Waals surface area contributed by atoms with Crippen molar-refractivity contribution in [2.45, 2.75) is 45.6 Å². The van der Waals surface area contributed by atoms with E-state index >= 15 is 0 Å². The van der Waals surface area contributed by atoms with E-state index in [1.807, 2.05) is 0 Å². The molecule has 0 saturated carbocycles. The van der Waals surface area contributed by atoms with Gasteiger partial charge in [-0.1, -0.05) is 26.7 Å². The summed E-state index contributed by atoms with van der Waals surface area (Å²) < 4.78 is 0. The van der Waals surface area contributed by atoms with Gasteiger partial charge in [-0.15, -0.1) is 0 Å². The Hall–Kier alpha value is -0.120. The predicted octanol–water partition coefficient (Wildman–Crippen LogP) is 1.24. The number of aliphatic hydroxyl groups is 2. The number of nitrogens with zero attached hydrogens (tertiary/aromatic N) is 1. The van der Waals surface area contributed by atoms with Crippen LogP contribution in [0.4, 0.5) is 0 Å². The molecule has 0 spiro atoms. The standard InChI is InChI=1S/C12H25NO2/c1-3-12(4-2)5-7-13(8-6-12)9-11(15)10-14/h11,14-15H,3-10H2,1-2H3. The third-order valence-electron chi connectivity index (χ3n) is 4.10. The molecule has 0 aromatic carbocycles. The van der Waals surface area contributed by atoms with E-state index in [0.717, 1.165) is 13.1 Å². The van der Waals surface area contributed by atoms with Gasteiger partial charge in [0.05, 0.1) is 12.7 Å². The Morgan fingerprint density at radius 2 is 1.73 bits per heavy atom. The average molecular weight is 215 g/mol. The first-order valence-electron chi connectivity index (χ1n) is 6.17. The molecule has 3 nitrogen and oxygen atoms in total. The zero-order valence-corrected chi connectivity index (χ0v) is 10.1. The number of likely N-dealkylation sites (tertiary alicyclic amines) is 1. The van der Waals surface area contributed by atoms with Crippen molar-refractivity contribution in [1.82, 2.24) is 4.90 Å². The molecule has 2 N–H and O–H groups in total. The number of hydrogen-bond acceptors (Lipinski definition) is 3. The van der Waals surface area contributed by atoms with Crippen LogP contribution in [0.1, 0.15) is 39.5 Å². The molecule has 1 aliphatic heterocycles. The van der Waals surface area contributed by atoms with Gasteiger partial charge in [-0.3, -0.25) is 0 Å². The summed E-state index contributed by atoms with van der Waals surface area (Å²) >= 11 is 0. The molecule has 1 fully saturated rings. The van der Waals surface area contributed by atoms with E-state index in [1.165, 1.54) is 25.7 Å². The maximum Gasteiger partial charge on any atom is 0.0897 e. The Balaban J connectivity index is 2.35. The summed E-state index contributed by atoms with van der Waals surface area (Å²) in [6, 6.07) is 0. The summed E-state index contributed by atoms with van der Waals surface area (Å²) in [5.41, 5.74) is 0.542. The molecule has 0 aromatic rings. The summed E-state index contributed by atoms with van der Waals surface area (Å²) in [7, 11) is 0. The minimum atomic E-state index is -0.569. The molecule has 1 unspecified atom stereocenters. The van der Waals surface area contributed by atoms with Crippen LogP contribution < -0.4 is 0 Å². The number of rotatable bonds is 5. The summed E-state index contributed by atoms with van der Waals surface area (Å²) in [5.74, 6) is 0. The van der Waals surface area contributed by atoms with E-state index in [1.54, 1.807) is 0 Å². The lowest BCUT2D eigenvalue weighted by Crippen LogP contribution is -2.43. The average Bonchev–Trinajstić information content (AvgIpc) is 2.30. The second-order valence-electron chi connectivity index (χ2n) is 4.84. The van der Waals surface area contributed by atoms with Crippen LogP contribution in [0.2, 0.25) is 0 Å². The minimum absolute atomic E-state index is 0.122. The molecule has 0 aliphatic carbocycles. The monoisotopic (exact) mass is 215 g/mol. The molecule has 0 amide bonds. The zero-order chi connectivity index (χ0) is 11.3. The molecule has 0 bridgehead atoms. The van der Waals surface area contributed by atoms with Crippen LogP contribution in [-0.4, -0.2) is 47.5 Å². The molecule has 90 valence electrons. The van der Waals surface area contributed by atoms with Gasteiger partial charge in [-0.2, -0.15) is 0 Å². The van der Waals surface area contributed by atoms with Crippen molar-refractivity contribution in [3.63, 3.8) is 0 Å². The highest BCUT2D eigenvalue weighted by molar-refractivity contribution is 4.84. The maximum absolute atomic E-state index is 9.36. The van der Waals surface area contributed by atoms with Crippen LogP contribution in [0.15, 0.2) is 0 Å². The number of aliphatic hydroxyl groups excluding tert-OH is 2. The third-order valence-corrected chi connectivity index (χ3v) is 4.10. The normalized spacial score (nSPS) is 24.0. The Kier molecular flexibility index (Phi) is 5.03. The highest BCUT2D eigenvalue weighted by atomic mass is 16.3. The highest BCUT2D eigenvalue weighted by Gasteiger charge is 2.31. The molecule has 1 saturated heterocycles.